The van der Waals surface area contributed by atoms with Gasteiger partial charge in [0.1, 0.15) is 0 Å². The van der Waals surface area contributed by atoms with E-state index in [2.05, 4.69) is 17.0 Å². The zero-order chi connectivity index (χ0) is 21.8. The van der Waals surface area contributed by atoms with Crippen molar-refractivity contribution in [3.05, 3.63) is 54.1 Å². The van der Waals surface area contributed by atoms with Crippen LogP contribution in [0.15, 0.2) is 53.4 Å². The van der Waals surface area contributed by atoms with E-state index < -0.39 is 10.0 Å². The van der Waals surface area contributed by atoms with Crippen molar-refractivity contribution in [2.24, 2.45) is 0 Å². The average Bonchev–Trinajstić information content (AvgIpc) is 2.71. The SMILES string of the molecule is CCCCCCCCCCC(=O)Nc1ccc(NS(=O)(=O)c2ccc(C)cc2)cc1. The minimum absolute atomic E-state index is 0.00558. The van der Waals surface area contributed by atoms with E-state index in [1.165, 1.54) is 38.5 Å². The highest BCUT2D eigenvalue weighted by Crippen LogP contribution is 2.19. The molecule has 2 rings (SSSR count). The van der Waals surface area contributed by atoms with Crippen LogP contribution in [0.4, 0.5) is 11.4 Å². The van der Waals surface area contributed by atoms with Crippen molar-refractivity contribution in [3.63, 3.8) is 0 Å². The predicted molar refractivity (Wildman–Crippen MR) is 124 cm³/mol. The molecular weight excluding hydrogens is 396 g/mol. The minimum Gasteiger partial charge on any atom is -0.326 e. The van der Waals surface area contributed by atoms with Crippen molar-refractivity contribution >= 4 is 27.3 Å². The van der Waals surface area contributed by atoms with Crippen molar-refractivity contribution in [1.29, 1.82) is 0 Å². The topological polar surface area (TPSA) is 75.3 Å². The van der Waals surface area contributed by atoms with Gasteiger partial charge in [0.25, 0.3) is 10.0 Å². The Labute approximate surface area is 181 Å². The molecule has 0 bridgehead atoms. The summed E-state index contributed by atoms with van der Waals surface area (Å²) in [5.74, 6) is -0.00558. The summed E-state index contributed by atoms with van der Waals surface area (Å²) >= 11 is 0. The van der Waals surface area contributed by atoms with Crippen LogP contribution in [-0.2, 0) is 14.8 Å². The Kier molecular flexibility index (Phi) is 9.87. The molecule has 0 fully saturated rings. The molecule has 0 aliphatic heterocycles. The fourth-order valence-corrected chi connectivity index (χ4v) is 4.25. The van der Waals surface area contributed by atoms with E-state index in [0.29, 0.717) is 17.8 Å². The standard InChI is InChI=1S/C24H34N2O3S/c1-3-4-5-6-7-8-9-10-11-24(27)25-21-14-16-22(17-15-21)26-30(28,29)23-18-12-20(2)13-19-23/h12-19,26H,3-11H2,1-2H3,(H,25,27). The van der Waals surface area contributed by atoms with Crippen LogP contribution in [0.5, 0.6) is 0 Å². The second kappa shape index (κ2) is 12.4. The highest BCUT2D eigenvalue weighted by atomic mass is 32.2. The van der Waals surface area contributed by atoms with Gasteiger partial charge in [0.05, 0.1) is 4.90 Å². The highest BCUT2D eigenvalue weighted by Gasteiger charge is 2.13. The number of benzene rings is 2. The summed E-state index contributed by atoms with van der Waals surface area (Å²) in [7, 11) is -3.63. The van der Waals surface area contributed by atoms with Gasteiger partial charge in [-0.2, -0.15) is 0 Å². The third-order valence-electron chi connectivity index (χ3n) is 5.01. The number of aryl methyl sites for hydroxylation is 1. The first-order valence-corrected chi connectivity index (χ1v) is 12.4. The van der Waals surface area contributed by atoms with Gasteiger partial charge in [0, 0.05) is 17.8 Å². The van der Waals surface area contributed by atoms with E-state index >= 15 is 0 Å². The van der Waals surface area contributed by atoms with E-state index in [-0.39, 0.29) is 10.8 Å². The number of hydrogen-bond donors (Lipinski definition) is 2. The summed E-state index contributed by atoms with van der Waals surface area (Å²) in [6, 6.07) is 13.4. The molecule has 0 spiro atoms. The number of anilines is 2. The lowest BCUT2D eigenvalue weighted by atomic mass is 10.1. The zero-order valence-corrected chi connectivity index (χ0v) is 18.9. The Morgan fingerprint density at radius 3 is 1.90 bits per heavy atom. The van der Waals surface area contributed by atoms with E-state index in [1.807, 2.05) is 6.92 Å². The van der Waals surface area contributed by atoms with Crippen LogP contribution >= 0.6 is 0 Å². The first-order valence-electron chi connectivity index (χ1n) is 10.9. The maximum absolute atomic E-state index is 12.4. The third kappa shape index (κ3) is 8.57. The zero-order valence-electron chi connectivity index (χ0n) is 18.1. The van der Waals surface area contributed by atoms with E-state index in [1.54, 1.807) is 48.5 Å². The Hall–Kier alpha value is -2.34. The van der Waals surface area contributed by atoms with Crippen LogP contribution < -0.4 is 10.0 Å². The summed E-state index contributed by atoms with van der Waals surface area (Å²) in [6.45, 7) is 4.13. The van der Waals surface area contributed by atoms with E-state index in [0.717, 1.165) is 18.4 Å². The number of unbranched alkanes of at least 4 members (excludes halogenated alkanes) is 7. The molecule has 2 aromatic carbocycles. The molecule has 164 valence electrons. The van der Waals surface area contributed by atoms with Crippen molar-refractivity contribution in [2.45, 2.75) is 76.5 Å². The van der Waals surface area contributed by atoms with Gasteiger partial charge in [-0.25, -0.2) is 8.42 Å². The second-order valence-corrected chi connectivity index (χ2v) is 9.45. The summed E-state index contributed by atoms with van der Waals surface area (Å²) in [5.41, 5.74) is 2.12. The Balaban J connectivity index is 1.73. The molecule has 0 unspecified atom stereocenters. The van der Waals surface area contributed by atoms with Crippen molar-refractivity contribution in [2.75, 3.05) is 10.0 Å². The predicted octanol–water partition coefficient (Wildman–Crippen LogP) is 6.27. The first kappa shape index (κ1) is 23.9. The molecule has 0 atom stereocenters. The van der Waals surface area contributed by atoms with Crippen molar-refractivity contribution in [1.82, 2.24) is 0 Å². The quantitative estimate of drug-likeness (QED) is 0.368. The molecule has 0 aliphatic rings. The van der Waals surface area contributed by atoms with Crippen LogP contribution in [0, 0.1) is 6.92 Å². The number of nitrogens with one attached hydrogen (secondary N) is 2. The second-order valence-electron chi connectivity index (χ2n) is 7.77. The van der Waals surface area contributed by atoms with Gasteiger partial charge in [0.15, 0.2) is 0 Å². The maximum Gasteiger partial charge on any atom is 0.261 e. The maximum atomic E-state index is 12.4. The molecule has 0 aromatic heterocycles. The van der Waals surface area contributed by atoms with Crippen LogP contribution in [0.25, 0.3) is 0 Å². The highest BCUT2D eigenvalue weighted by molar-refractivity contribution is 7.92. The number of hydrogen-bond acceptors (Lipinski definition) is 3. The van der Waals surface area contributed by atoms with E-state index in [9.17, 15) is 13.2 Å². The lowest BCUT2D eigenvalue weighted by Crippen LogP contribution is -2.13. The fourth-order valence-electron chi connectivity index (χ4n) is 3.20. The largest absolute Gasteiger partial charge is 0.326 e. The van der Waals surface area contributed by atoms with E-state index in [4.69, 9.17) is 0 Å². The molecule has 6 heteroatoms. The Morgan fingerprint density at radius 2 is 1.30 bits per heavy atom. The molecule has 2 aromatic rings. The van der Waals surface area contributed by atoms with Crippen molar-refractivity contribution < 1.29 is 13.2 Å². The normalized spacial score (nSPS) is 11.3. The first-order chi connectivity index (χ1) is 14.4. The van der Waals surface area contributed by atoms with Gasteiger partial charge in [-0.05, 0) is 49.7 Å². The number of carbonyl (C=O) groups is 1. The summed E-state index contributed by atoms with van der Waals surface area (Å²) in [5, 5.41) is 2.87. The van der Waals surface area contributed by atoms with Crippen LogP contribution in [0.1, 0.15) is 70.3 Å². The average molecular weight is 431 g/mol. The third-order valence-corrected chi connectivity index (χ3v) is 6.41. The molecule has 0 saturated carbocycles. The van der Waals surface area contributed by atoms with Gasteiger partial charge in [-0.3, -0.25) is 9.52 Å². The number of rotatable bonds is 13. The lowest BCUT2D eigenvalue weighted by Gasteiger charge is -2.10. The smallest absolute Gasteiger partial charge is 0.261 e. The molecule has 0 saturated heterocycles. The Morgan fingerprint density at radius 1 is 0.767 bits per heavy atom. The molecule has 5 nitrogen and oxygen atoms in total. The van der Waals surface area contributed by atoms with Gasteiger partial charge in [-0.15, -0.1) is 0 Å². The summed E-state index contributed by atoms with van der Waals surface area (Å²) < 4.78 is 27.4. The molecule has 1 amide bonds. The summed E-state index contributed by atoms with van der Waals surface area (Å²) in [6.07, 6.45) is 10.1. The summed E-state index contributed by atoms with van der Waals surface area (Å²) in [4.78, 5) is 12.3. The minimum atomic E-state index is -3.63. The Bertz CT molecular complexity index is 876. The molecule has 0 radical (unpaired) electrons. The van der Waals surface area contributed by atoms with Gasteiger partial charge in [0.2, 0.25) is 5.91 Å². The van der Waals surface area contributed by atoms with Gasteiger partial charge < -0.3 is 5.32 Å². The molecule has 2 N–H and O–H groups in total. The number of amides is 1. The van der Waals surface area contributed by atoms with Crippen LogP contribution in [0.3, 0.4) is 0 Å². The van der Waals surface area contributed by atoms with Gasteiger partial charge in [-0.1, -0.05) is 69.6 Å². The molecule has 0 heterocycles. The number of carbonyl (C=O) groups excluding carboxylic acids is 1. The molecule has 0 aliphatic carbocycles. The lowest BCUT2D eigenvalue weighted by molar-refractivity contribution is -0.116. The molecule has 30 heavy (non-hydrogen) atoms. The number of sulfonamides is 1. The van der Waals surface area contributed by atoms with Crippen molar-refractivity contribution in [3.8, 4) is 0 Å². The fraction of sp³-hybridized carbons (Fsp3) is 0.458. The van der Waals surface area contributed by atoms with Gasteiger partial charge >= 0.3 is 0 Å². The van der Waals surface area contributed by atoms with Crippen LogP contribution in [-0.4, -0.2) is 14.3 Å². The monoisotopic (exact) mass is 430 g/mol. The van der Waals surface area contributed by atoms with Crippen LogP contribution in [0.2, 0.25) is 0 Å². The molecular formula is C24H34N2O3S.